The minimum atomic E-state index is -0.424. The standard InChI is InChI=1S/C20H15NO4/c22-20(16-10-15-8-4-5-9-19(15)23-12-16)24-13-17-11-18(21-25-17)14-6-2-1-3-7-14/h1-11H,12-13H2. The van der Waals surface area contributed by atoms with Gasteiger partial charge in [0.2, 0.25) is 0 Å². The van der Waals surface area contributed by atoms with Gasteiger partial charge in [0.15, 0.2) is 12.4 Å². The second-order valence-corrected chi connectivity index (χ2v) is 5.62. The molecule has 2 heterocycles. The lowest BCUT2D eigenvalue weighted by Crippen LogP contribution is -2.17. The van der Waals surface area contributed by atoms with Crippen molar-refractivity contribution in [2.75, 3.05) is 6.61 Å². The first-order chi connectivity index (χ1) is 12.3. The largest absolute Gasteiger partial charge is 0.488 e. The summed E-state index contributed by atoms with van der Waals surface area (Å²) in [6.07, 6.45) is 1.79. The van der Waals surface area contributed by atoms with Crippen molar-refractivity contribution < 1.29 is 18.8 Å². The molecule has 3 aromatic rings. The molecule has 5 heteroatoms. The van der Waals surface area contributed by atoms with Crippen LogP contribution in [0.2, 0.25) is 0 Å². The van der Waals surface area contributed by atoms with Crippen LogP contribution in [0, 0.1) is 0 Å². The highest BCUT2D eigenvalue weighted by atomic mass is 16.6. The van der Waals surface area contributed by atoms with Crippen molar-refractivity contribution in [3.63, 3.8) is 0 Å². The number of aromatic nitrogens is 1. The average Bonchev–Trinajstić information content (AvgIpc) is 3.15. The van der Waals surface area contributed by atoms with E-state index >= 15 is 0 Å². The van der Waals surface area contributed by atoms with Crippen LogP contribution in [0.5, 0.6) is 5.75 Å². The molecule has 0 unspecified atom stereocenters. The van der Waals surface area contributed by atoms with Gasteiger partial charge in [0.05, 0.1) is 5.57 Å². The third-order valence-electron chi connectivity index (χ3n) is 3.87. The Morgan fingerprint density at radius 1 is 1.08 bits per heavy atom. The van der Waals surface area contributed by atoms with Crippen molar-refractivity contribution in [3.05, 3.63) is 77.6 Å². The number of carbonyl (C=O) groups excluding carboxylic acids is 1. The Kier molecular flexibility index (Phi) is 4.04. The van der Waals surface area contributed by atoms with Crippen LogP contribution >= 0.6 is 0 Å². The molecule has 1 aromatic heterocycles. The van der Waals surface area contributed by atoms with Crippen molar-refractivity contribution >= 4 is 12.0 Å². The van der Waals surface area contributed by atoms with Crippen LogP contribution in [-0.2, 0) is 16.1 Å². The summed E-state index contributed by atoms with van der Waals surface area (Å²) < 4.78 is 16.1. The number of para-hydroxylation sites is 1. The molecule has 1 aliphatic heterocycles. The topological polar surface area (TPSA) is 61.6 Å². The lowest BCUT2D eigenvalue weighted by Gasteiger charge is -2.16. The zero-order valence-corrected chi connectivity index (χ0v) is 13.3. The van der Waals surface area contributed by atoms with E-state index in [1.54, 1.807) is 12.1 Å². The molecule has 1 aliphatic rings. The molecule has 0 N–H and O–H groups in total. The Morgan fingerprint density at radius 2 is 1.88 bits per heavy atom. The van der Waals surface area contributed by atoms with Gasteiger partial charge in [-0.2, -0.15) is 0 Å². The molecule has 0 bridgehead atoms. The van der Waals surface area contributed by atoms with Crippen LogP contribution in [0.4, 0.5) is 0 Å². The van der Waals surface area contributed by atoms with Crippen LogP contribution in [0.3, 0.4) is 0 Å². The second kappa shape index (κ2) is 6.65. The second-order valence-electron chi connectivity index (χ2n) is 5.62. The highest BCUT2D eigenvalue weighted by Crippen LogP contribution is 2.26. The number of ether oxygens (including phenoxy) is 2. The number of nitrogens with zero attached hydrogens (tertiary/aromatic N) is 1. The molecule has 5 nitrogen and oxygen atoms in total. The summed E-state index contributed by atoms with van der Waals surface area (Å²) in [4.78, 5) is 12.2. The number of carbonyl (C=O) groups is 1. The van der Waals surface area contributed by atoms with Gasteiger partial charge in [-0.1, -0.05) is 53.7 Å². The quantitative estimate of drug-likeness (QED) is 0.679. The van der Waals surface area contributed by atoms with Crippen LogP contribution in [0.15, 0.2) is 70.8 Å². The molecule has 0 saturated heterocycles. The third-order valence-corrected chi connectivity index (χ3v) is 3.87. The highest BCUT2D eigenvalue weighted by Gasteiger charge is 2.19. The predicted octanol–water partition coefficient (Wildman–Crippen LogP) is 3.86. The lowest BCUT2D eigenvalue weighted by atomic mass is 10.1. The molecule has 0 aliphatic carbocycles. The first-order valence-electron chi connectivity index (χ1n) is 7.90. The Bertz CT molecular complexity index is 928. The Labute approximate surface area is 144 Å². The molecular formula is C20H15NO4. The molecular weight excluding hydrogens is 318 g/mol. The molecule has 0 fully saturated rings. The molecule has 2 aromatic carbocycles. The summed E-state index contributed by atoms with van der Waals surface area (Å²) in [7, 11) is 0. The SMILES string of the molecule is O=C(OCc1cc(-c2ccccc2)no1)C1=Cc2ccccc2OC1. The first-order valence-corrected chi connectivity index (χ1v) is 7.90. The van der Waals surface area contributed by atoms with Crippen LogP contribution in [0.25, 0.3) is 17.3 Å². The molecule has 4 rings (SSSR count). The number of hydrogen-bond acceptors (Lipinski definition) is 5. The molecule has 0 amide bonds. The fourth-order valence-corrected chi connectivity index (χ4v) is 2.59. The Balaban J connectivity index is 1.42. The first kappa shape index (κ1) is 15.2. The maximum Gasteiger partial charge on any atom is 0.337 e. The van der Waals surface area contributed by atoms with Crippen molar-refractivity contribution in [2.45, 2.75) is 6.61 Å². The van der Waals surface area contributed by atoms with E-state index in [1.165, 1.54) is 0 Å². The maximum absolute atomic E-state index is 12.2. The summed E-state index contributed by atoms with van der Waals surface area (Å²) in [6.45, 7) is 0.221. The summed E-state index contributed by atoms with van der Waals surface area (Å²) in [5.41, 5.74) is 3.00. The number of rotatable bonds is 4. The molecule has 25 heavy (non-hydrogen) atoms. The van der Waals surface area contributed by atoms with E-state index in [0.717, 1.165) is 16.9 Å². The van der Waals surface area contributed by atoms with Crippen molar-refractivity contribution in [1.29, 1.82) is 0 Å². The van der Waals surface area contributed by atoms with Crippen LogP contribution in [0.1, 0.15) is 11.3 Å². The summed E-state index contributed by atoms with van der Waals surface area (Å²) in [5, 5.41) is 4.00. The summed E-state index contributed by atoms with van der Waals surface area (Å²) in [6, 6.07) is 19.0. The van der Waals surface area contributed by atoms with E-state index in [-0.39, 0.29) is 13.2 Å². The zero-order chi connectivity index (χ0) is 17.1. The molecule has 0 radical (unpaired) electrons. The van der Waals surface area contributed by atoms with Crippen molar-refractivity contribution in [1.82, 2.24) is 5.16 Å². The fourth-order valence-electron chi connectivity index (χ4n) is 2.59. The van der Waals surface area contributed by atoms with Gasteiger partial charge in [0, 0.05) is 17.2 Å². The van der Waals surface area contributed by atoms with Crippen LogP contribution in [-0.4, -0.2) is 17.7 Å². The average molecular weight is 333 g/mol. The lowest BCUT2D eigenvalue weighted by molar-refractivity contribution is -0.141. The fraction of sp³-hybridized carbons (Fsp3) is 0.100. The normalized spacial score (nSPS) is 12.7. The zero-order valence-electron chi connectivity index (χ0n) is 13.3. The van der Waals surface area contributed by atoms with Gasteiger partial charge in [-0.05, 0) is 12.1 Å². The van der Waals surface area contributed by atoms with Crippen LogP contribution < -0.4 is 4.74 Å². The van der Waals surface area contributed by atoms with E-state index < -0.39 is 5.97 Å². The number of benzene rings is 2. The Morgan fingerprint density at radius 3 is 2.76 bits per heavy atom. The highest BCUT2D eigenvalue weighted by molar-refractivity contribution is 5.95. The van der Waals surface area contributed by atoms with Gasteiger partial charge in [0.1, 0.15) is 18.1 Å². The van der Waals surface area contributed by atoms with Gasteiger partial charge in [0.25, 0.3) is 0 Å². The molecule has 0 atom stereocenters. The van der Waals surface area contributed by atoms with Gasteiger partial charge in [-0.15, -0.1) is 0 Å². The van der Waals surface area contributed by atoms with Gasteiger partial charge in [-0.25, -0.2) is 4.79 Å². The van der Waals surface area contributed by atoms with E-state index in [1.807, 2.05) is 54.6 Å². The summed E-state index contributed by atoms with van der Waals surface area (Å²) in [5.74, 6) is 0.832. The monoisotopic (exact) mass is 333 g/mol. The number of hydrogen-bond donors (Lipinski definition) is 0. The third kappa shape index (κ3) is 3.30. The van der Waals surface area contributed by atoms with Gasteiger partial charge in [-0.3, -0.25) is 0 Å². The minimum Gasteiger partial charge on any atom is -0.488 e. The van der Waals surface area contributed by atoms with E-state index in [0.29, 0.717) is 17.0 Å². The van der Waals surface area contributed by atoms with Gasteiger partial charge >= 0.3 is 5.97 Å². The van der Waals surface area contributed by atoms with Crippen molar-refractivity contribution in [3.8, 4) is 17.0 Å². The summed E-state index contributed by atoms with van der Waals surface area (Å²) >= 11 is 0. The maximum atomic E-state index is 12.2. The predicted molar refractivity (Wildman–Crippen MR) is 91.6 cm³/mol. The van der Waals surface area contributed by atoms with Gasteiger partial charge < -0.3 is 14.0 Å². The van der Waals surface area contributed by atoms with E-state index in [9.17, 15) is 4.79 Å². The Hall–Kier alpha value is -3.34. The number of fused-ring (bicyclic) bond motifs is 1. The minimum absolute atomic E-state index is 0.0255. The van der Waals surface area contributed by atoms with E-state index in [2.05, 4.69) is 5.16 Å². The van der Waals surface area contributed by atoms with Crippen molar-refractivity contribution in [2.24, 2.45) is 0 Å². The van der Waals surface area contributed by atoms with E-state index in [4.69, 9.17) is 14.0 Å². The molecule has 124 valence electrons. The molecule has 0 spiro atoms. The smallest absolute Gasteiger partial charge is 0.337 e. The molecule has 0 saturated carbocycles. The number of esters is 1.